The third-order valence-corrected chi connectivity index (χ3v) is 3.86. The van der Waals surface area contributed by atoms with Crippen LogP contribution in [0.15, 0.2) is 68.3 Å². The summed E-state index contributed by atoms with van der Waals surface area (Å²) in [4.78, 5) is 23.5. The van der Waals surface area contributed by atoms with Gasteiger partial charge in [0.05, 0.1) is 0 Å². The van der Waals surface area contributed by atoms with Gasteiger partial charge in [0.2, 0.25) is 0 Å². The molecule has 0 aliphatic carbocycles. The predicted octanol–water partition coefficient (Wildman–Crippen LogP) is 3.96. The van der Waals surface area contributed by atoms with Gasteiger partial charge >= 0.3 is 5.63 Å². The number of anilines is 1. The summed E-state index contributed by atoms with van der Waals surface area (Å²) in [6, 6.07) is 15.4. The standard InChI is InChI=1S/C18H14BrNO4/c1-11(18(22)20-14-4-2-3-13(19)9-14)23-15-7-5-12-6-8-17(21)24-16(12)10-15/h2-11H,1H3,(H,20,22)/t11-/m0/s1. The molecular weight excluding hydrogens is 374 g/mol. The Morgan fingerprint density at radius 3 is 2.75 bits per heavy atom. The first-order valence-corrected chi connectivity index (χ1v) is 8.07. The number of hydrogen-bond acceptors (Lipinski definition) is 4. The van der Waals surface area contributed by atoms with Crippen LogP contribution in [0.4, 0.5) is 5.69 Å². The summed E-state index contributed by atoms with van der Waals surface area (Å²) in [6.07, 6.45) is -0.711. The van der Waals surface area contributed by atoms with Crippen LogP contribution in [0, 0.1) is 0 Å². The van der Waals surface area contributed by atoms with Crippen molar-refractivity contribution in [2.24, 2.45) is 0 Å². The van der Waals surface area contributed by atoms with Crippen LogP contribution >= 0.6 is 15.9 Å². The first-order chi connectivity index (χ1) is 11.5. The lowest BCUT2D eigenvalue weighted by Gasteiger charge is -2.15. The molecule has 122 valence electrons. The lowest BCUT2D eigenvalue weighted by atomic mass is 10.2. The zero-order valence-electron chi connectivity index (χ0n) is 12.8. The monoisotopic (exact) mass is 387 g/mol. The minimum atomic E-state index is -0.711. The molecule has 1 atom stereocenters. The molecule has 3 rings (SSSR count). The van der Waals surface area contributed by atoms with E-state index in [4.69, 9.17) is 9.15 Å². The quantitative estimate of drug-likeness (QED) is 0.687. The van der Waals surface area contributed by atoms with Crippen LogP contribution in [-0.4, -0.2) is 12.0 Å². The molecule has 1 aromatic heterocycles. The Balaban J connectivity index is 1.72. The number of rotatable bonds is 4. The van der Waals surface area contributed by atoms with Gasteiger partial charge in [-0.2, -0.15) is 0 Å². The molecule has 0 radical (unpaired) electrons. The smallest absolute Gasteiger partial charge is 0.336 e. The van der Waals surface area contributed by atoms with E-state index < -0.39 is 11.7 Å². The molecule has 0 aliphatic rings. The number of carbonyl (C=O) groups excluding carboxylic acids is 1. The topological polar surface area (TPSA) is 68.5 Å². The molecule has 2 aromatic carbocycles. The maximum Gasteiger partial charge on any atom is 0.336 e. The average Bonchev–Trinajstić information content (AvgIpc) is 2.54. The minimum absolute atomic E-state index is 0.275. The molecule has 5 nitrogen and oxygen atoms in total. The van der Waals surface area contributed by atoms with Gasteiger partial charge in [-0.25, -0.2) is 4.79 Å². The number of fused-ring (bicyclic) bond motifs is 1. The van der Waals surface area contributed by atoms with E-state index in [1.165, 1.54) is 6.07 Å². The predicted molar refractivity (Wildman–Crippen MR) is 95.3 cm³/mol. The van der Waals surface area contributed by atoms with Crippen LogP contribution in [0.3, 0.4) is 0 Å². The minimum Gasteiger partial charge on any atom is -0.481 e. The molecule has 0 saturated carbocycles. The molecule has 3 aromatic rings. The lowest BCUT2D eigenvalue weighted by molar-refractivity contribution is -0.122. The van der Waals surface area contributed by atoms with Crippen LogP contribution in [0.5, 0.6) is 5.75 Å². The van der Waals surface area contributed by atoms with Crippen molar-refractivity contribution in [1.82, 2.24) is 0 Å². The summed E-state index contributed by atoms with van der Waals surface area (Å²) >= 11 is 3.35. The molecule has 1 heterocycles. The molecule has 0 spiro atoms. The molecule has 1 N–H and O–H groups in total. The highest BCUT2D eigenvalue weighted by Gasteiger charge is 2.15. The van der Waals surface area contributed by atoms with Gasteiger partial charge in [0.25, 0.3) is 5.91 Å². The number of hydrogen-bond donors (Lipinski definition) is 1. The fraction of sp³-hybridized carbons (Fsp3) is 0.111. The second-order valence-electron chi connectivity index (χ2n) is 5.21. The lowest BCUT2D eigenvalue weighted by Crippen LogP contribution is -2.30. The van der Waals surface area contributed by atoms with Crippen molar-refractivity contribution in [3.05, 3.63) is 69.5 Å². The van der Waals surface area contributed by atoms with Crippen molar-refractivity contribution in [2.45, 2.75) is 13.0 Å². The van der Waals surface area contributed by atoms with Gasteiger partial charge in [0.1, 0.15) is 11.3 Å². The highest BCUT2D eigenvalue weighted by atomic mass is 79.9. The Bertz CT molecular complexity index is 951. The summed E-state index contributed by atoms with van der Waals surface area (Å²) < 4.78 is 11.6. The third-order valence-electron chi connectivity index (χ3n) is 3.37. The summed E-state index contributed by atoms with van der Waals surface area (Å²) in [6.45, 7) is 1.65. The average molecular weight is 388 g/mol. The van der Waals surface area contributed by atoms with Crippen LogP contribution < -0.4 is 15.7 Å². The van der Waals surface area contributed by atoms with Crippen LogP contribution in [0.25, 0.3) is 11.0 Å². The summed E-state index contributed by atoms with van der Waals surface area (Å²) in [7, 11) is 0. The zero-order valence-corrected chi connectivity index (χ0v) is 14.4. The zero-order chi connectivity index (χ0) is 17.1. The van der Waals surface area contributed by atoms with E-state index in [1.54, 1.807) is 43.3 Å². The molecule has 0 saturated heterocycles. The van der Waals surface area contributed by atoms with E-state index in [1.807, 2.05) is 12.1 Å². The van der Waals surface area contributed by atoms with Crippen molar-refractivity contribution in [3.8, 4) is 5.75 Å². The maximum absolute atomic E-state index is 12.2. The van der Waals surface area contributed by atoms with Crippen LogP contribution in [0.1, 0.15) is 6.92 Å². The van der Waals surface area contributed by atoms with E-state index >= 15 is 0 Å². The fourth-order valence-electron chi connectivity index (χ4n) is 2.18. The van der Waals surface area contributed by atoms with Gasteiger partial charge in [-0.05, 0) is 43.3 Å². The number of ether oxygens (including phenoxy) is 1. The van der Waals surface area contributed by atoms with Crippen molar-refractivity contribution >= 4 is 38.5 Å². The summed E-state index contributed by atoms with van der Waals surface area (Å²) in [5.41, 5.74) is 0.661. The second-order valence-corrected chi connectivity index (χ2v) is 6.13. The Kier molecular flexibility index (Phi) is 4.66. The maximum atomic E-state index is 12.2. The van der Waals surface area contributed by atoms with Crippen molar-refractivity contribution in [2.75, 3.05) is 5.32 Å². The van der Waals surface area contributed by atoms with Gasteiger partial charge in [-0.1, -0.05) is 22.0 Å². The molecular formula is C18H14BrNO4. The SMILES string of the molecule is C[C@H](Oc1ccc2ccc(=O)oc2c1)C(=O)Nc1cccc(Br)c1. The number of nitrogens with one attached hydrogen (secondary N) is 1. The summed E-state index contributed by atoms with van der Waals surface area (Å²) in [5, 5.41) is 3.57. The number of amides is 1. The van der Waals surface area contributed by atoms with E-state index in [-0.39, 0.29) is 5.91 Å². The number of benzene rings is 2. The molecule has 0 fully saturated rings. The van der Waals surface area contributed by atoms with E-state index in [9.17, 15) is 9.59 Å². The molecule has 6 heteroatoms. The van der Waals surface area contributed by atoms with Crippen molar-refractivity contribution in [1.29, 1.82) is 0 Å². The fourth-order valence-corrected chi connectivity index (χ4v) is 2.58. The normalized spacial score (nSPS) is 11.9. The van der Waals surface area contributed by atoms with Crippen LogP contribution in [0.2, 0.25) is 0 Å². The summed E-state index contributed by atoms with van der Waals surface area (Å²) in [5.74, 6) is 0.177. The molecule has 0 aliphatic heterocycles. The molecule has 1 amide bonds. The van der Waals surface area contributed by atoms with Gasteiger partial charge in [-0.3, -0.25) is 4.79 Å². The molecule has 0 unspecified atom stereocenters. The van der Waals surface area contributed by atoms with E-state index in [2.05, 4.69) is 21.2 Å². The Labute approximate surface area is 146 Å². The first-order valence-electron chi connectivity index (χ1n) is 7.28. The van der Waals surface area contributed by atoms with Gasteiger partial charge < -0.3 is 14.5 Å². The third kappa shape index (κ3) is 3.83. The first kappa shape index (κ1) is 16.3. The van der Waals surface area contributed by atoms with Crippen molar-refractivity contribution in [3.63, 3.8) is 0 Å². The molecule has 24 heavy (non-hydrogen) atoms. The second kappa shape index (κ2) is 6.88. The Morgan fingerprint density at radius 2 is 1.96 bits per heavy atom. The van der Waals surface area contributed by atoms with E-state index in [0.717, 1.165) is 9.86 Å². The van der Waals surface area contributed by atoms with Gasteiger partial charge in [0.15, 0.2) is 6.10 Å². The Hall–Kier alpha value is -2.60. The highest BCUT2D eigenvalue weighted by molar-refractivity contribution is 9.10. The van der Waals surface area contributed by atoms with Crippen LogP contribution in [-0.2, 0) is 4.79 Å². The largest absolute Gasteiger partial charge is 0.481 e. The van der Waals surface area contributed by atoms with Gasteiger partial charge in [0, 0.05) is 27.7 Å². The number of carbonyl (C=O) groups is 1. The highest BCUT2D eigenvalue weighted by Crippen LogP contribution is 2.21. The number of halogens is 1. The van der Waals surface area contributed by atoms with Crippen molar-refractivity contribution < 1.29 is 13.9 Å². The Morgan fingerprint density at radius 1 is 1.17 bits per heavy atom. The van der Waals surface area contributed by atoms with E-state index in [0.29, 0.717) is 17.0 Å². The molecule has 0 bridgehead atoms. The van der Waals surface area contributed by atoms with Gasteiger partial charge in [-0.15, -0.1) is 0 Å².